The van der Waals surface area contributed by atoms with Gasteiger partial charge in [-0.05, 0) is 35.8 Å². The molecule has 1 aliphatic heterocycles. The first-order valence-corrected chi connectivity index (χ1v) is 10.0. The van der Waals surface area contributed by atoms with Crippen molar-refractivity contribution in [3.8, 4) is 0 Å². The number of rotatable bonds is 2. The Hall–Kier alpha value is -2.29. The van der Waals surface area contributed by atoms with Gasteiger partial charge in [0.1, 0.15) is 6.04 Å². The van der Waals surface area contributed by atoms with Crippen LogP contribution in [-0.4, -0.2) is 26.8 Å². The van der Waals surface area contributed by atoms with Crippen molar-refractivity contribution in [1.82, 2.24) is 14.8 Å². The molecule has 2 heterocycles. The second kappa shape index (κ2) is 6.37. The fourth-order valence-corrected chi connectivity index (χ4v) is 4.19. The molecule has 1 aromatic carbocycles. The maximum Gasteiger partial charge on any atom is 0.416 e. The smallest absolute Gasteiger partial charge is 0.328 e. The van der Waals surface area contributed by atoms with Crippen molar-refractivity contribution < 1.29 is 18.0 Å². The molecule has 0 radical (unpaired) electrons. The largest absolute Gasteiger partial charge is 0.416 e. The number of fused-ring (bicyclic) bond motifs is 1. The maximum atomic E-state index is 13.0. The number of halogens is 3. The van der Waals surface area contributed by atoms with Gasteiger partial charge in [0.25, 0.3) is 0 Å². The molecule has 4 rings (SSSR count). The fraction of sp³-hybridized carbons (Fsp3) is 0.421. The predicted octanol–water partition coefficient (Wildman–Crippen LogP) is 4.68. The molecule has 0 unspecified atom stereocenters. The van der Waals surface area contributed by atoms with Crippen LogP contribution in [0.2, 0.25) is 0 Å². The third kappa shape index (κ3) is 3.21. The molecular formula is C19H19F3N4OS. The number of allylic oxidation sites excluding steroid dienone is 2. The first-order valence-electron chi connectivity index (χ1n) is 8.80. The lowest BCUT2D eigenvalue weighted by atomic mass is 9.73. The highest BCUT2D eigenvalue weighted by Gasteiger charge is 2.42. The fourth-order valence-electron chi connectivity index (χ4n) is 3.84. The van der Waals surface area contributed by atoms with Gasteiger partial charge in [-0.3, -0.25) is 4.79 Å². The quantitative estimate of drug-likeness (QED) is 0.732. The number of anilines is 1. The van der Waals surface area contributed by atoms with Crippen LogP contribution in [0.5, 0.6) is 0 Å². The van der Waals surface area contributed by atoms with Gasteiger partial charge in [-0.15, -0.1) is 5.10 Å². The Morgan fingerprint density at radius 1 is 1.21 bits per heavy atom. The maximum absolute atomic E-state index is 13.0. The minimum absolute atomic E-state index is 0.0181. The Bertz CT molecular complexity index is 976. The van der Waals surface area contributed by atoms with Crippen LogP contribution >= 0.6 is 11.8 Å². The molecule has 148 valence electrons. The number of ketones is 1. The number of benzene rings is 1. The average Bonchev–Trinajstić information content (AvgIpc) is 3.01. The molecule has 0 saturated carbocycles. The summed E-state index contributed by atoms with van der Waals surface area (Å²) in [5.74, 6) is 0.481. The Labute approximate surface area is 164 Å². The zero-order valence-corrected chi connectivity index (χ0v) is 16.4. The molecule has 1 aromatic heterocycles. The lowest BCUT2D eigenvalue weighted by Crippen LogP contribution is -2.36. The third-order valence-corrected chi connectivity index (χ3v) is 5.59. The van der Waals surface area contributed by atoms with E-state index >= 15 is 0 Å². The van der Waals surface area contributed by atoms with Crippen molar-refractivity contribution in [1.29, 1.82) is 0 Å². The molecule has 0 bridgehead atoms. The van der Waals surface area contributed by atoms with E-state index in [1.54, 1.807) is 4.68 Å². The highest BCUT2D eigenvalue weighted by atomic mass is 32.2. The molecule has 2 aliphatic rings. The number of nitrogens with zero attached hydrogens (tertiary/aromatic N) is 3. The third-order valence-electron chi connectivity index (χ3n) is 5.05. The van der Waals surface area contributed by atoms with E-state index in [1.807, 2.05) is 20.1 Å². The van der Waals surface area contributed by atoms with E-state index < -0.39 is 17.8 Å². The number of nitrogens with one attached hydrogen (secondary N) is 1. The van der Waals surface area contributed by atoms with Crippen molar-refractivity contribution in [2.75, 3.05) is 11.6 Å². The van der Waals surface area contributed by atoms with Crippen molar-refractivity contribution in [2.45, 2.75) is 44.1 Å². The zero-order valence-electron chi connectivity index (χ0n) is 15.6. The molecule has 2 aromatic rings. The summed E-state index contributed by atoms with van der Waals surface area (Å²) < 4.78 is 40.5. The zero-order chi connectivity index (χ0) is 20.3. The van der Waals surface area contributed by atoms with Crippen molar-refractivity contribution in [3.63, 3.8) is 0 Å². The van der Waals surface area contributed by atoms with Gasteiger partial charge in [-0.25, -0.2) is 4.68 Å². The van der Waals surface area contributed by atoms with Crippen LogP contribution in [0.3, 0.4) is 0 Å². The SMILES string of the molecule is CSc1nc2n(n1)[C@@H](c1ccc(C(F)(F)F)cc1)C1=C(CC(C)(C)CC1=O)N2. The van der Waals surface area contributed by atoms with E-state index in [1.165, 1.54) is 23.9 Å². The van der Waals surface area contributed by atoms with Crippen LogP contribution in [0.25, 0.3) is 0 Å². The van der Waals surface area contributed by atoms with Gasteiger partial charge >= 0.3 is 6.18 Å². The van der Waals surface area contributed by atoms with Gasteiger partial charge in [0.05, 0.1) is 5.56 Å². The second-order valence-electron chi connectivity index (χ2n) is 7.85. The van der Waals surface area contributed by atoms with Gasteiger partial charge < -0.3 is 5.32 Å². The normalized spacial score (nSPS) is 21.2. The van der Waals surface area contributed by atoms with E-state index in [0.29, 0.717) is 35.1 Å². The average molecular weight is 408 g/mol. The van der Waals surface area contributed by atoms with Crippen LogP contribution in [0, 0.1) is 5.41 Å². The molecule has 0 saturated heterocycles. The summed E-state index contributed by atoms with van der Waals surface area (Å²) in [7, 11) is 0. The first kappa shape index (κ1) is 19.0. The lowest BCUT2D eigenvalue weighted by molar-refractivity contribution is -0.137. The summed E-state index contributed by atoms with van der Waals surface area (Å²) in [6.45, 7) is 4.05. The minimum Gasteiger partial charge on any atom is -0.328 e. The molecule has 1 aliphatic carbocycles. The number of Topliss-reactive ketones (excluding diaryl/α,β-unsaturated/α-hetero) is 1. The van der Waals surface area contributed by atoms with E-state index in [4.69, 9.17) is 0 Å². The predicted molar refractivity (Wildman–Crippen MR) is 100 cm³/mol. The van der Waals surface area contributed by atoms with Crippen LogP contribution in [0.4, 0.5) is 19.1 Å². The van der Waals surface area contributed by atoms with Gasteiger partial charge in [0.2, 0.25) is 11.1 Å². The number of hydrogen-bond acceptors (Lipinski definition) is 5. The molecule has 0 amide bonds. The molecule has 1 atom stereocenters. The summed E-state index contributed by atoms with van der Waals surface area (Å²) in [6.07, 6.45) is -1.53. The number of carbonyl (C=O) groups excluding carboxylic acids is 1. The Morgan fingerprint density at radius 3 is 2.50 bits per heavy atom. The lowest BCUT2D eigenvalue weighted by Gasteiger charge is -2.38. The molecule has 0 fully saturated rings. The van der Waals surface area contributed by atoms with Crippen molar-refractivity contribution in [3.05, 3.63) is 46.7 Å². The minimum atomic E-state index is -4.41. The summed E-state index contributed by atoms with van der Waals surface area (Å²) in [5.41, 5.74) is 0.994. The van der Waals surface area contributed by atoms with E-state index in [2.05, 4.69) is 15.4 Å². The number of carbonyl (C=O) groups is 1. The van der Waals surface area contributed by atoms with E-state index in [-0.39, 0.29) is 11.2 Å². The summed E-state index contributed by atoms with van der Waals surface area (Å²) in [4.78, 5) is 17.4. The first-order chi connectivity index (χ1) is 13.1. The molecule has 28 heavy (non-hydrogen) atoms. The van der Waals surface area contributed by atoms with Crippen molar-refractivity contribution in [2.24, 2.45) is 5.41 Å². The van der Waals surface area contributed by atoms with Gasteiger partial charge in [-0.1, -0.05) is 37.7 Å². The van der Waals surface area contributed by atoms with E-state index in [9.17, 15) is 18.0 Å². The van der Waals surface area contributed by atoms with Gasteiger partial charge in [-0.2, -0.15) is 18.2 Å². The van der Waals surface area contributed by atoms with Crippen LogP contribution in [-0.2, 0) is 11.0 Å². The van der Waals surface area contributed by atoms with Crippen LogP contribution < -0.4 is 5.32 Å². The monoisotopic (exact) mass is 408 g/mol. The highest BCUT2D eigenvalue weighted by molar-refractivity contribution is 7.98. The molecule has 0 spiro atoms. The van der Waals surface area contributed by atoms with Crippen LogP contribution in [0.15, 0.2) is 40.7 Å². The number of alkyl halides is 3. The molecule has 9 heteroatoms. The number of thioether (sulfide) groups is 1. The summed E-state index contributed by atoms with van der Waals surface area (Å²) in [6, 6.07) is 4.33. The Morgan fingerprint density at radius 2 is 1.89 bits per heavy atom. The highest BCUT2D eigenvalue weighted by Crippen LogP contribution is 2.45. The Balaban J connectivity index is 1.86. The van der Waals surface area contributed by atoms with Crippen molar-refractivity contribution >= 4 is 23.5 Å². The van der Waals surface area contributed by atoms with Gasteiger partial charge in [0.15, 0.2) is 5.78 Å². The standard InChI is InChI=1S/C19H19F3N4OS/c1-18(2)8-12-14(13(27)9-18)15(26-16(23-12)24-17(25-26)28-3)10-4-6-11(7-5-10)19(20,21)22/h4-7,15H,8-9H2,1-3H3,(H,23,24,25)/t15-/m0/s1. The van der Waals surface area contributed by atoms with E-state index in [0.717, 1.165) is 17.8 Å². The van der Waals surface area contributed by atoms with Gasteiger partial charge in [0, 0.05) is 17.7 Å². The number of hydrogen-bond donors (Lipinski definition) is 1. The molecular weight excluding hydrogens is 389 g/mol. The number of aromatic nitrogens is 3. The Kier molecular flexibility index (Phi) is 4.33. The summed E-state index contributed by atoms with van der Waals surface area (Å²) in [5, 5.41) is 8.22. The summed E-state index contributed by atoms with van der Waals surface area (Å²) >= 11 is 1.36. The topological polar surface area (TPSA) is 59.8 Å². The molecule has 1 N–H and O–H groups in total. The van der Waals surface area contributed by atoms with Crippen LogP contribution in [0.1, 0.15) is 43.9 Å². The second-order valence-corrected chi connectivity index (χ2v) is 8.62. The molecule has 5 nitrogen and oxygen atoms in total.